The van der Waals surface area contributed by atoms with Gasteiger partial charge in [0.2, 0.25) is 0 Å². The van der Waals surface area contributed by atoms with Crippen LogP contribution in [0.25, 0.3) is 0 Å². The Kier molecular flexibility index (Phi) is 19.3. The Bertz CT molecular complexity index is 162. The maximum Gasteiger partial charge on any atom is 1.00 e. The fraction of sp³-hybridized carbons (Fsp3) is 0.667. The Morgan fingerprint density at radius 1 is 1.31 bits per heavy atom. The molecule has 0 rings (SSSR count). The number of carboxylic acids is 1. The standard InChI is InChI=1S/C6H11NO4.2Na.2H/c7-3-4-11-6(10)2-1-5(8)9;;;;/h1-4,7H2,(H,8,9);;;;/q;2*+1;2*-1. The van der Waals surface area contributed by atoms with Crippen molar-refractivity contribution in [3.8, 4) is 0 Å². The molecule has 0 amide bonds. The molecule has 0 aromatic rings. The van der Waals surface area contributed by atoms with Crippen LogP contribution in [-0.2, 0) is 14.3 Å². The van der Waals surface area contributed by atoms with Gasteiger partial charge in [-0.3, -0.25) is 9.59 Å². The van der Waals surface area contributed by atoms with Gasteiger partial charge in [-0.1, -0.05) is 0 Å². The zero-order valence-electron chi connectivity index (χ0n) is 10.1. The van der Waals surface area contributed by atoms with E-state index >= 15 is 0 Å². The van der Waals surface area contributed by atoms with Gasteiger partial charge in [-0.15, -0.1) is 0 Å². The summed E-state index contributed by atoms with van der Waals surface area (Å²) < 4.78 is 4.51. The molecule has 0 aromatic carbocycles. The number of carbonyl (C=O) groups excluding carboxylic acids is 1. The molecule has 0 aliphatic carbocycles. The molecule has 0 aromatic heterocycles. The van der Waals surface area contributed by atoms with E-state index in [4.69, 9.17) is 10.8 Å². The van der Waals surface area contributed by atoms with Gasteiger partial charge in [0.05, 0.1) is 12.8 Å². The minimum absolute atomic E-state index is 0. The summed E-state index contributed by atoms with van der Waals surface area (Å²) in [5, 5.41) is 8.16. The van der Waals surface area contributed by atoms with Crippen LogP contribution >= 0.6 is 0 Å². The molecule has 3 N–H and O–H groups in total. The molecule has 0 unspecified atom stereocenters. The fourth-order valence-electron chi connectivity index (χ4n) is 0.454. The van der Waals surface area contributed by atoms with E-state index < -0.39 is 11.9 Å². The van der Waals surface area contributed by atoms with Crippen molar-refractivity contribution in [3.63, 3.8) is 0 Å². The van der Waals surface area contributed by atoms with Crippen LogP contribution in [0.1, 0.15) is 15.7 Å². The number of nitrogens with two attached hydrogens (primary N) is 1. The van der Waals surface area contributed by atoms with E-state index in [-0.39, 0.29) is 88.0 Å². The number of hydrogen-bond acceptors (Lipinski definition) is 4. The van der Waals surface area contributed by atoms with E-state index in [0.717, 1.165) is 0 Å². The Labute approximate surface area is 124 Å². The van der Waals surface area contributed by atoms with Crippen molar-refractivity contribution >= 4 is 11.9 Å². The van der Waals surface area contributed by atoms with Crippen LogP contribution in [-0.4, -0.2) is 30.2 Å². The summed E-state index contributed by atoms with van der Waals surface area (Å²) in [5.74, 6) is -1.52. The topological polar surface area (TPSA) is 89.6 Å². The van der Waals surface area contributed by atoms with Gasteiger partial charge >= 0.3 is 71.1 Å². The number of aliphatic carboxylic acids is 1. The molecule has 13 heavy (non-hydrogen) atoms. The van der Waals surface area contributed by atoms with Crippen molar-refractivity contribution in [2.45, 2.75) is 12.8 Å². The minimum Gasteiger partial charge on any atom is -1.00 e. The predicted molar refractivity (Wildman–Crippen MR) is 39.1 cm³/mol. The number of rotatable bonds is 5. The fourth-order valence-corrected chi connectivity index (χ4v) is 0.454. The van der Waals surface area contributed by atoms with Crippen molar-refractivity contribution < 1.29 is 81.4 Å². The molecule has 0 saturated carbocycles. The van der Waals surface area contributed by atoms with Gasteiger partial charge < -0.3 is 18.4 Å². The summed E-state index contributed by atoms with van der Waals surface area (Å²) in [4.78, 5) is 20.5. The second-order valence-electron chi connectivity index (χ2n) is 1.90. The van der Waals surface area contributed by atoms with Crippen LogP contribution in [0.15, 0.2) is 0 Å². The normalized spacial score (nSPS) is 7.77. The van der Waals surface area contributed by atoms with Crippen LogP contribution in [0.4, 0.5) is 0 Å². The Morgan fingerprint density at radius 3 is 2.23 bits per heavy atom. The van der Waals surface area contributed by atoms with Gasteiger partial charge in [0, 0.05) is 6.54 Å². The number of ether oxygens (including phenoxy) is 1. The van der Waals surface area contributed by atoms with E-state index in [1.54, 1.807) is 0 Å². The van der Waals surface area contributed by atoms with Crippen molar-refractivity contribution in [3.05, 3.63) is 0 Å². The maximum absolute atomic E-state index is 10.6. The quantitative estimate of drug-likeness (QED) is 0.347. The van der Waals surface area contributed by atoms with Crippen molar-refractivity contribution in [2.75, 3.05) is 13.2 Å². The third-order valence-corrected chi connectivity index (χ3v) is 0.924. The van der Waals surface area contributed by atoms with Gasteiger partial charge in [0.25, 0.3) is 0 Å². The molecule has 68 valence electrons. The molecule has 0 bridgehead atoms. The second-order valence-corrected chi connectivity index (χ2v) is 1.90. The second kappa shape index (κ2) is 12.9. The molecule has 5 nitrogen and oxygen atoms in total. The molecule has 0 fully saturated rings. The van der Waals surface area contributed by atoms with E-state index in [9.17, 15) is 9.59 Å². The van der Waals surface area contributed by atoms with Gasteiger partial charge in [-0.2, -0.15) is 0 Å². The first-order chi connectivity index (χ1) is 5.16. The molecule has 0 heterocycles. The molecule has 0 atom stereocenters. The molecular weight excluding hydrogens is 196 g/mol. The Morgan fingerprint density at radius 2 is 1.85 bits per heavy atom. The summed E-state index contributed by atoms with van der Waals surface area (Å²) in [7, 11) is 0. The van der Waals surface area contributed by atoms with Gasteiger partial charge in [-0.05, 0) is 0 Å². The van der Waals surface area contributed by atoms with Crippen molar-refractivity contribution in [1.82, 2.24) is 0 Å². The largest absolute Gasteiger partial charge is 1.00 e. The smallest absolute Gasteiger partial charge is 1.00 e. The van der Waals surface area contributed by atoms with E-state index in [2.05, 4.69) is 4.74 Å². The third kappa shape index (κ3) is 15.6. The van der Waals surface area contributed by atoms with E-state index in [1.807, 2.05) is 0 Å². The minimum atomic E-state index is -1.00. The predicted octanol–water partition coefficient (Wildman–Crippen LogP) is -6.41. The Balaban J connectivity index is -0.0000000833. The summed E-state index contributed by atoms with van der Waals surface area (Å²) in [6.45, 7) is 0.414. The zero-order chi connectivity index (χ0) is 8.69. The average molecular weight is 209 g/mol. The van der Waals surface area contributed by atoms with Gasteiger partial charge in [0.1, 0.15) is 6.61 Å². The summed E-state index contributed by atoms with van der Waals surface area (Å²) >= 11 is 0. The SMILES string of the molecule is NCCOC(=O)CCC(=O)O.[H-].[H-].[Na+].[Na+]. The molecular formula is C6H13NNa2O4. The van der Waals surface area contributed by atoms with Crippen LogP contribution < -0.4 is 64.8 Å². The zero-order valence-corrected chi connectivity index (χ0v) is 12.1. The summed E-state index contributed by atoms with van der Waals surface area (Å²) in [5.41, 5.74) is 5.04. The monoisotopic (exact) mass is 209 g/mol. The summed E-state index contributed by atoms with van der Waals surface area (Å²) in [6.07, 6.45) is -0.279. The molecule has 0 spiro atoms. The van der Waals surface area contributed by atoms with Crippen LogP contribution in [0.5, 0.6) is 0 Å². The van der Waals surface area contributed by atoms with Gasteiger partial charge in [-0.25, -0.2) is 0 Å². The first kappa shape index (κ1) is 19.5. The molecule has 0 radical (unpaired) electrons. The number of esters is 1. The number of hydrogen-bond donors (Lipinski definition) is 2. The maximum atomic E-state index is 10.6. The van der Waals surface area contributed by atoms with Crippen molar-refractivity contribution in [1.29, 1.82) is 0 Å². The first-order valence-corrected chi connectivity index (χ1v) is 3.24. The van der Waals surface area contributed by atoms with Gasteiger partial charge in [0.15, 0.2) is 0 Å². The van der Waals surface area contributed by atoms with E-state index in [0.29, 0.717) is 0 Å². The van der Waals surface area contributed by atoms with Crippen LogP contribution in [0, 0.1) is 0 Å². The number of carboxylic acid groups (broad SMARTS) is 1. The Hall–Kier alpha value is 0.900. The van der Waals surface area contributed by atoms with Crippen LogP contribution in [0.2, 0.25) is 0 Å². The van der Waals surface area contributed by atoms with E-state index in [1.165, 1.54) is 0 Å². The average Bonchev–Trinajstić information content (AvgIpc) is 1.97. The molecule has 0 saturated heterocycles. The molecule has 0 aliphatic heterocycles. The number of carbonyl (C=O) groups is 2. The third-order valence-electron chi connectivity index (χ3n) is 0.924. The summed E-state index contributed by atoms with van der Waals surface area (Å²) in [6, 6.07) is 0. The van der Waals surface area contributed by atoms with Crippen molar-refractivity contribution in [2.24, 2.45) is 5.73 Å². The molecule has 7 heteroatoms. The first-order valence-electron chi connectivity index (χ1n) is 3.24. The molecule has 0 aliphatic rings. The van der Waals surface area contributed by atoms with Crippen LogP contribution in [0.3, 0.4) is 0 Å².